The topological polar surface area (TPSA) is 75.4 Å². The van der Waals surface area contributed by atoms with Crippen LogP contribution in [0.2, 0.25) is 5.02 Å². The van der Waals surface area contributed by atoms with Crippen LogP contribution in [0.25, 0.3) is 16.8 Å². The van der Waals surface area contributed by atoms with E-state index in [1.54, 1.807) is 18.6 Å². The number of aromatic nitrogens is 4. The molecule has 0 unspecified atom stereocenters. The first-order valence-electron chi connectivity index (χ1n) is 10.7. The number of halogens is 1. The number of pyridine rings is 1. The Morgan fingerprint density at radius 3 is 2.94 bits per heavy atom. The highest BCUT2D eigenvalue weighted by atomic mass is 35.5. The average Bonchev–Trinajstić information content (AvgIpc) is 3.28. The largest absolute Gasteiger partial charge is 0.354 e. The van der Waals surface area contributed by atoms with Crippen LogP contribution in [0.1, 0.15) is 18.4 Å². The van der Waals surface area contributed by atoms with Crippen molar-refractivity contribution < 1.29 is 4.79 Å². The summed E-state index contributed by atoms with van der Waals surface area (Å²) >= 11 is 6.38. The predicted molar refractivity (Wildman–Crippen MR) is 124 cm³/mol. The Morgan fingerprint density at radius 1 is 1.19 bits per heavy atom. The minimum atomic E-state index is -0.0894. The van der Waals surface area contributed by atoms with Gasteiger partial charge in [-0.3, -0.25) is 9.78 Å². The van der Waals surface area contributed by atoms with Gasteiger partial charge in [0.15, 0.2) is 5.82 Å². The van der Waals surface area contributed by atoms with Crippen molar-refractivity contribution in [3.8, 4) is 11.3 Å². The van der Waals surface area contributed by atoms with Crippen molar-refractivity contribution in [3.05, 3.63) is 77.8 Å². The maximum atomic E-state index is 12.8. The molecule has 32 heavy (non-hydrogen) atoms. The van der Waals surface area contributed by atoms with Crippen LogP contribution >= 0.6 is 11.6 Å². The normalized spacial score (nSPS) is 16.3. The monoisotopic (exact) mass is 446 g/mol. The molecule has 3 aromatic heterocycles. The van der Waals surface area contributed by atoms with E-state index in [4.69, 9.17) is 16.7 Å². The molecule has 1 fully saturated rings. The minimum Gasteiger partial charge on any atom is -0.354 e. The van der Waals surface area contributed by atoms with E-state index >= 15 is 0 Å². The molecule has 7 nitrogen and oxygen atoms in total. The van der Waals surface area contributed by atoms with E-state index in [1.807, 2.05) is 53.2 Å². The van der Waals surface area contributed by atoms with Gasteiger partial charge in [0.05, 0.1) is 16.6 Å². The third-order valence-electron chi connectivity index (χ3n) is 5.80. The molecule has 1 atom stereocenters. The zero-order valence-electron chi connectivity index (χ0n) is 17.5. The maximum Gasteiger partial charge on any atom is 0.225 e. The van der Waals surface area contributed by atoms with Crippen LogP contribution in [0, 0.1) is 5.92 Å². The molecule has 0 bridgehead atoms. The minimum absolute atomic E-state index is 0.0655. The Balaban J connectivity index is 1.35. The average molecular weight is 447 g/mol. The maximum absolute atomic E-state index is 12.8. The predicted octanol–water partition coefficient (Wildman–Crippen LogP) is 3.98. The number of nitrogens with zero attached hydrogens (tertiary/aromatic N) is 5. The molecule has 1 amide bonds. The highest BCUT2D eigenvalue weighted by Gasteiger charge is 2.27. The van der Waals surface area contributed by atoms with E-state index < -0.39 is 0 Å². The third-order valence-corrected chi connectivity index (χ3v) is 6.13. The summed E-state index contributed by atoms with van der Waals surface area (Å²) < 4.78 is 1.83. The van der Waals surface area contributed by atoms with E-state index in [9.17, 15) is 4.79 Å². The molecule has 1 aliphatic heterocycles. The lowest BCUT2D eigenvalue weighted by Gasteiger charge is -2.33. The van der Waals surface area contributed by atoms with Crippen LogP contribution in [0.15, 0.2) is 67.3 Å². The van der Waals surface area contributed by atoms with Crippen LogP contribution in [-0.2, 0) is 11.3 Å². The van der Waals surface area contributed by atoms with Gasteiger partial charge in [0, 0.05) is 50.0 Å². The van der Waals surface area contributed by atoms with Crippen LogP contribution < -0.4 is 10.2 Å². The number of amides is 1. The summed E-state index contributed by atoms with van der Waals surface area (Å²) in [6, 6.07) is 13.5. The van der Waals surface area contributed by atoms with E-state index in [0.29, 0.717) is 18.1 Å². The van der Waals surface area contributed by atoms with E-state index in [2.05, 4.69) is 20.2 Å². The fourth-order valence-corrected chi connectivity index (χ4v) is 4.40. The lowest BCUT2D eigenvalue weighted by Crippen LogP contribution is -2.43. The number of carbonyl (C=O) groups excluding carboxylic acids is 1. The molecule has 0 spiro atoms. The van der Waals surface area contributed by atoms with Crippen molar-refractivity contribution in [2.24, 2.45) is 5.92 Å². The van der Waals surface area contributed by atoms with Gasteiger partial charge in [-0.15, -0.1) is 0 Å². The fraction of sp³-hybridized carbons (Fsp3) is 0.250. The number of benzene rings is 1. The highest BCUT2D eigenvalue weighted by molar-refractivity contribution is 6.33. The van der Waals surface area contributed by atoms with E-state index in [1.165, 1.54) is 0 Å². The molecule has 1 saturated heterocycles. The SMILES string of the molecule is O=C(NCc1cccnc1)[C@@H]1CCCN(c2nccn3nc(-c4ccccc4Cl)cc23)C1. The van der Waals surface area contributed by atoms with Crippen molar-refractivity contribution in [1.29, 1.82) is 0 Å². The molecule has 8 heteroatoms. The van der Waals surface area contributed by atoms with Crippen LogP contribution in [-0.4, -0.2) is 38.6 Å². The number of rotatable bonds is 5. The third kappa shape index (κ3) is 4.16. The number of hydrogen-bond donors (Lipinski definition) is 1. The van der Waals surface area contributed by atoms with Crippen molar-refractivity contribution in [1.82, 2.24) is 24.9 Å². The molecular weight excluding hydrogens is 424 g/mol. The Kier molecular flexibility index (Phi) is 5.73. The molecule has 162 valence electrons. The Morgan fingerprint density at radius 2 is 2.09 bits per heavy atom. The number of carbonyl (C=O) groups is 1. The summed E-state index contributed by atoms with van der Waals surface area (Å²) in [5.41, 5.74) is 3.58. The number of piperidine rings is 1. The lowest BCUT2D eigenvalue weighted by molar-refractivity contribution is -0.125. The molecule has 0 radical (unpaired) electrons. The molecule has 1 aromatic carbocycles. The Bertz CT molecular complexity index is 1240. The summed E-state index contributed by atoms with van der Waals surface area (Å²) in [5, 5.41) is 8.41. The van der Waals surface area contributed by atoms with Gasteiger partial charge >= 0.3 is 0 Å². The Labute approximate surface area is 191 Å². The van der Waals surface area contributed by atoms with Crippen LogP contribution in [0.4, 0.5) is 5.82 Å². The lowest BCUT2D eigenvalue weighted by atomic mass is 9.97. The highest BCUT2D eigenvalue weighted by Crippen LogP contribution is 2.31. The first-order valence-corrected chi connectivity index (χ1v) is 11.1. The molecular formula is C24H23ClN6O. The van der Waals surface area contributed by atoms with Crippen molar-refractivity contribution in [2.45, 2.75) is 19.4 Å². The van der Waals surface area contributed by atoms with Gasteiger partial charge < -0.3 is 10.2 Å². The van der Waals surface area contributed by atoms with Crippen molar-refractivity contribution in [3.63, 3.8) is 0 Å². The molecule has 0 aliphatic carbocycles. The molecule has 5 rings (SSSR count). The number of anilines is 1. The Hall–Kier alpha value is -3.45. The van der Waals surface area contributed by atoms with Gasteiger partial charge in [-0.1, -0.05) is 35.9 Å². The van der Waals surface area contributed by atoms with Crippen molar-refractivity contribution >= 4 is 28.8 Å². The van der Waals surface area contributed by atoms with Gasteiger partial charge in [0.25, 0.3) is 0 Å². The summed E-state index contributed by atoms with van der Waals surface area (Å²) in [4.78, 5) is 23.8. The summed E-state index contributed by atoms with van der Waals surface area (Å²) in [6.07, 6.45) is 8.88. The fourth-order valence-electron chi connectivity index (χ4n) is 4.17. The molecule has 1 aliphatic rings. The second-order valence-corrected chi connectivity index (χ2v) is 8.36. The standard InChI is InChI=1S/C24H23ClN6O/c25-20-8-2-1-7-19(20)21-13-22-23(27-10-12-31(22)29-21)30-11-4-6-18(16-30)24(32)28-15-17-5-3-9-26-14-17/h1-3,5,7-10,12-14,18H,4,6,11,15-16H2,(H,28,32)/t18-/m1/s1. The van der Waals surface area contributed by atoms with E-state index in [0.717, 1.165) is 47.5 Å². The number of fused-ring (bicyclic) bond motifs is 1. The van der Waals surface area contributed by atoms with E-state index in [-0.39, 0.29) is 11.8 Å². The first kappa shape index (κ1) is 20.5. The summed E-state index contributed by atoms with van der Waals surface area (Å²) in [5.74, 6) is 0.812. The van der Waals surface area contributed by atoms with Gasteiger partial charge in [0.2, 0.25) is 5.91 Å². The zero-order chi connectivity index (χ0) is 21.9. The van der Waals surface area contributed by atoms with Gasteiger partial charge in [-0.05, 0) is 36.6 Å². The quantitative estimate of drug-likeness (QED) is 0.502. The molecule has 4 aromatic rings. The number of nitrogens with one attached hydrogen (secondary N) is 1. The zero-order valence-corrected chi connectivity index (χ0v) is 18.2. The van der Waals surface area contributed by atoms with Gasteiger partial charge in [-0.2, -0.15) is 5.10 Å². The van der Waals surface area contributed by atoms with Gasteiger partial charge in [-0.25, -0.2) is 9.50 Å². The summed E-state index contributed by atoms with van der Waals surface area (Å²) in [7, 11) is 0. The van der Waals surface area contributed by atoms with Crippen LogP contribution in [0.3, 0.4) is 0 Å². The van der Waals surface area contributed by atoms with Gasteiger partial charge in [0.1, 0.15) is 5.52 Å². The van der Waals surface area contributed by atoms with Crippen molar-refractivity contribution in [2.75, 3.05) is 18.0 Å². The second-order valence-electron chi connectivity index (χ2n) is 7.95. The molecule has 0 saturated carbocycles. The first-order chi connectivity index (χ1) is 15.7. The van der Waals surface area contributed by atoms with Crippen LogP contribution in [0.5, 0.6) is 0 Å². The molecule has 1 N–H and O–H groups in total. The molecule has 4 heterocycles. The second kappa shape index (κ2) is 8.96. The number of hydrogen-bond acceptors (Lipinski definition) is 5. The summed E-state index contributed by atoms with van der Waals surface area (Å²) in [6.45, 7) is 1.96. The smallest absolute Gasteiger partial charge is 0.225 e.